The van der Waals surface area contributed by atoms with Crippen LogP contribution in [0.5, 0.6) is 0 Å². The van der Waals surface area contributed by atoms with Crippen molar-refractivity contribution in [3.05, 3.63) is 35.4 Å². The lowest BCUT2D eigenvalue weighted by atomic mass is 10.1. The molecule has 132 valence electrons. The maximum atomic E-state index is 12.4. The summed E-state index contributed by atoms with van der Waals surface area (Å²) in [7, 11) is 0. The lowest BCUT2D eigenvalue weighted by Crippen LogP contribution is -2.53. The van der Waals surface area contributed by atoms with Crippen LogP contribution in [0, 0.1) is 0 Å². The van der Waals surface area contributed by atoms with E-state index in [1.807, 2.05) is 47.9 Å². The minimum absolute atomic E-state index is 0.112. The van der Waals surface area contributed by atoms with Crippen molar-refractivity contribution >= 4 is 11.8 Å². The van der Waals surface area contributed by atoms with E-state index in [1.54, 1.807) is 0 Å². The van der Waals surface area contributed by atoms with E-state index in [-0.39, 0.29) is 11.8 Å². The molecule has 0 unspecified atom stereocenters. The zero-order chi connectivity index (χ0) is 17.5. The lowest BCUT2D eigenvalue weighted by molar-refractivity contribution is 0.0853. The van der Waals surface area contributed by atoms with Crippen molar-refractivity contribution in [1.29, 1.82) is 0 Å². The standard InChI is InChI=1S/C19H29N3O2/c1-4-16-7-9-17(10-8-16)18(23)15-20-11-13-22(14-12-20)19(24)21(5-2)6-3/h7-10H,4-6,11-15H2,1-3H3. The lowest BCUT2D eigenvalue weighted by Gasteiger charge is -2.36. The van der Waals surface area contributed by atoms with Gasteiger partial charge in [-0.05, 0) is 25.8 Å². The summed E-state index contributed by atoms with van der Waals surface area (Å²) in [6, 6.07) is 7.99. The number of aryl methyl sites for hydroxylation is 1. The van der Waals surface area contributed by atoms with Gasteiger partial charge in [0.05, 0.1) is 6.54 Å². The Hall–Kier alpha value is -1.88. The average Bonchev–Trinajstić information content (AvgIpc) is 2.63. The quantitative estimate of drug-likeness (QED) is 0.752. The highest BCUT2D eigenvalue weighted by Crippen LogP contribution is 2.10. The van der Waals surface area contributed by atoms with Crippen molar-refractivity contribution in [2.24, 2.45) is 0 Å². The van der Waals surface area contributed by atoms with Gasteiger partial charge in [0.1, 0.15) is 0 Å². The molecule has 0 spiro atoms. The van der Waals surface area contributed by atoms with Crippen LogP contribution in [-0.4, -0.2) is 72.3 Å². The van der Waals surface area contributed by atoms with Gasteiger partial charge in [-0.25, -0.2) is 4.79 Å². The van der Waals surface area contributed by atoms with E-state index in [9.17, 15) is 9.59 Å². The number of hydrogen-bond acceptors (Lipinski definition) is 3. The zero-order valence-electron chi connectivity index (χ0n) is 15.1. The molecule has 0 saturated carbocycles. The minimum Gasteiger partial charge on any atom is -0.325 e. The van der Waals surface area contributed by atoms with Crippen LogP contribution in [0.15, 0.2) is 24.3 Å². The van der Waals surface area contributed by atoms with E-state index in [2.05, 4.69) is 11.8 Å². The molecule has 1 heterocycles. The number of piperazine rings is 1. The number of carbonyl (C=O) groups is 2. The van der Waals surface area contributed by atoms with Gasteiger partial charge in [-0.3, -0.25) is 9.69 Å². The molecule has 0 atom stereocenters. The number of carbonyl (C=O) groups excluding carboxylic acids is 2. The zero-order valence-corrected chi connectivity index (χ0v) is 15.1. The molecule has 2 rings (SSSR count). The molecule has 1 aliphatic rings. The molecular formula is C19H29N3O2. The Labute approximate surface area is 145 Å². The first-order valence-corrected chi connectivity index (χ1v) is 8.97. The van der Waals surface area contributed by atoms with E-state index in [0.717, 1.165) is 38.2 Å². The van der Waals surface area contributed by atoms with E-state index < -0.39 is 0 Å². The fraction of sp³-hybridized carbons (Fsp3) is 0.579. The minimum atomic E-state index is 0.112. The van der Waals surface area contributed by atoms with E-state index >= 15 is 0 Å². The molecule has 1 aromatic carbocycles. The largest absolute Gasteiger partial charge is 0.325 e. The van der Waals surface area contributed by atoms with Crippen molar-refractivity contribution < 1.29 is 9.59 Å². The summed E-state index contributed by atoms with van der Waals surface area (Å²) < 4.78 is 0. The highest BCUT2D eigenvalue weighted by Gasteiger charge is 2.24. The predicted octanol–water partition coefficient (Wildman–Crippen LogP) is 2.51. The van der Waals surface area contributed by atoms with Crippen molar-refractivity contribution in [3.63, 3.8) is 0 Å². The van der Waals surface area contributed by atoms with Crippen molar-refractivity contribution in [3.8, 4) is 0 Å². The third-order valence-corrected chi connectivity index (χ3v) is 4.73. The first-order chi connectivity index (χ1) is 11.6. The van der Waals surface area contributed by atoms with Crippen LogP contribution in [-0.2, 0) is 6.42 Å². The molecule has 1 saturated heterocycles. The molecule has 2 amide bonds. The molecule has 1 aromatic rings. The van der Waals surface area contributed by atoms with Crippen molar-refractivity contribution in [2.45, 2.75) is 27.2 Å². The van der Waals surface area contributed by atoms with Gasteiger partial charge >= 0.3 is 6.03 Å². The summed E-state index contributed by atoms with van der Waals surface area (Å²) in [6.45, 7) is 10.9. The Bertz CT molecular complexity index is 544. The molecule has 1 fully saturated rings. The predicted molar refractivity (Wildman–Crippen MR) is 96.5 cm³/mol. The number of urea groups is 1. The van der Waals surface area contributed by atoms with Crippen molar-refractivity contribution in [2.75, 3.05) is 45.8 Å². The van der Waals surface area contributed by atoms with E-state index in [0.29, 0.717) is 19.6 Å². The van der Waals surface area contributed by atoms with Crippen LogP contribution in [0.4, 0.5) is 4.79 Å². The number of benzene rings is 1. The van der Waals surface area contributed by atoms with Crippen LogP contribution in [0.1, 0.15) is 36.7 Å². The van der Waals surface area contributed by atoms with Crippen LogP contribution in [0.25, 0.3) is 0 Å². The summed E-state index contributed by atoms with van der Waals surface area (Å²) >= 11 is 0. The van der Waals surface area contributed by atoms with Gasteiger partial charge < -0.3 is 9.80 Å². The SMILES string of the molecule is CCc1ccc(C(=O)CN2CCN(C(=O)N(CC)CC)CC2)cc1. The highest BCUT2D eigenvalue weighted by atomic mass is 16.2. The fourth-order valence-electron chi connectivity index (χ4n) is 3.01. The number of amides is 2. The second kappa shape index (κ2) is 8.83. The van der Waals surface area contributed by atoms with Crippen LogP contribution in [0.3, 0.4) is 0 Å². The van der Waals surface area contributed by atoms with E-state index in [4.69, 9.17) is 0 Å². The van der Waals surface area contributed by atoms with Gasteiger partial charge in [0.2, 0.25) is 0 Å². The second-order valence-electron chi connectivity index (χ2n) is 6.19. The third-order valence-electron chi connectivity index (χ3n) is 4.73. The summed E-state index contributed by atoms with van der Waals surface area (Å²) in [5, 5.41) is 0. The Morgan fingerprint density at radius 2 is 1.54 bits per heavy atom. The van der Waals surface area contributed by atoms with Gasteiger partial charge in [0, 0.05) is 44.8 Å². The third kappa shape index (κ3) is 4.57. The van der Waals surface area contributed by atoms with Gasteiger partial charge in [-0.2, -0.15) is 0 Å². The summed E-state index contributed by atoms with van der Waals surface area (Å²) in [4.78, 5) is 30.6. The monoisotopic (exact) mass is 331 g/mol. The topological polar surface area (TPSA) is 43.9 Å². The summed E-state index contributed by atoms with van der Waals surface area (Å²) in [6.07, 6.45) is 0.983. The first-order valence-electron chi connectivity index (χ1n) is 8.97. The van der Waals surface area contributed by atoms with Crippen LogP contribution < -0.4 is 0 Å². The first kappa shape index (κ1) is 18.5. The smallest absolute Gasteiger partial charge is 0.320 e. The van der Waals surface area contributed by atoms with Gasteiger partial charge in [0.15, 0.2) is 5.78 Å². The maximum Gasteiger partial charge on any atom is 0.320 e. The van der Waals surface area contributed by atoms with Crippen LogP contribution >= 0.6 is 0 Å². The molecule has 5 heteroatoms. The number of rotatable bonds is 6. The normalized spacial score (nSPS) is 15.4. The Morgan fingerprint density at radius 1 is 0.958 bits per heavy atom. The molecule has 0 aliphatic carbocycles. The second-order valence-corrected chi connectivity index (χ2v) is 6.19. The molecule has 1 aliphatic heterocycles. The average molecular weight is 331 g/mol. The molecule has 0 radical (unpaired) electrons. The Kier molecular flexibility index (Phi) is 6.79. The van der Waals surface area contributed by atoms with E-state index in [1.165, 1.54) is 5.56 Å². The molecule has 5 nitrogen and oxygen atoms in total. The number of nitrogens with zero attached hydrogens (tertiary/aromatic N) is 3. The van der Waals surface area contributed by atoms with Gasteiger partial charge in [-0.1, -0.05) is 31.2 Å². The summed E-state index contributed by atoms with van der Waals surface area (Å²) in [5.74, 6) is 0.154. The van der Waals surface area contributed by atoms with Gasteiger partial charge in [-0.15, -0.1) is 0 Å². The van der Waals surface area contributed by atoms with Crippen molar-refractivity contribution in [1.82, 2.24) is 14.7 Å². The Morgan fingerprint density at radius 3 is 2.04 bits per heavy atom. The van der Waals surface area contributed by atoms with Gasteiger partial charge in [0.25, 0.3) is 0 Å². The van der Waals surface area contributed by atoms with Crippen LogP contribution in [0.2, 0.25) is 0 Å². The molecule has 0 aromatic heterocycles. The summed E-state index contributed by atoms with van der Waals surface area (Å²) in [5.41, 5.74) is 2.02. The fourth-order valence-corrected chi connectivity index (χ4v) is 3.01. The molecule has 0 N–H and O–H groups in total. The molecule has 24 heavy (non-hydrogen) atoms. The maximum absolute atomic E-state index is 12.4. The Balaban J connectivity index is 1.83. The number of ketones is 1. The highest BCUT2D eigenvalue weighted by molar-refractivity contribution is 5.97. The molecule has 0 bridgehead atoms. The molecular weight excluding hydrogens is 302 g/mol. The number of Topliss-reactive ketones (excluding diaryl/α,β-unsaturated/α-hetero) is 1. The number of hydrogen-bond donors (Lipinski definition) is 0.